The van der Waals surface area contributed by atoms with E-state index in [1.807, 2.05) is 17.6 Å². The number of anilines is 1. The van der Waals surface area contributed by atoms with Gasteiger partial charge in [0.1, 0.15) is 15.6 Å². The minimum absolute atomic E-state index is 0.0126. The van der Waals surface area contributed by atoms with E-state index in [1.165, 1.54) is 11.1 Å². The third-order valence-corrected chi connectivity index (χ3v) is 13.8. The standard InChI is InChI=1S/C39H46ClN5O6S/c1-25-5-3-7-34(49-2)31-10-8-27(31)19-45-23-39(14-4-6-26-17-29(40)9-11-32(26)39)24-51-35-13-12-33(41-36(35)45)38(47)43-52(48,22-25)42-37(46)28-18-30-21-50-16-15-44(30)20-28/h3,7,9,11-13,17-18,20,25,27,31,34H,4-6,8,10,14-16,19,21-24H2,1-2H3,(H,42,43,46,47,48)/b7-3+/t25-,27-,31+,34-,39-,52+/m0/s1. The van der Waals surface area contributed by atoms with Gasteiger partial charge in [-0.2, -0.15) is 0 Å². The van der Waals surface area contributed by atoms with Crippen molar-refractivity contribution in [2.75, 3.05) is 44.1 Å². The van der Waals surface area contributed by atoms with E-state index >= 15 is 0 Å². The fourth-order valence-corrected chi connectivity index (χ4v) is 10.8. The summed E-state index contributed by atoms with van der Waals surface area (Å²) in [5, 5.41) is 0.729. The van der Waals surface area contributed by atoms with Gasteiger partial charge in [0, 0.05) is 49.1 Å². The number of carbonyl (C=O) groups excluding carboxylic acids is 2. The largest absolute Gasteiger partial charge is 0.489 e. The molecule has 2 aliphatic carbocycles. The van der Waals surface area contributed by atoms with E-state index in [1.54, 1.807) is 31.5 Å². The number of rotatable bonds is 3. The zero-order valence-corrected chi connectivity index (χ0v) is 31.3. The van der Waals surface area contributed by atoms with Crippen LogP contribution in [0.25, 0.3) is 0 Å². The molecule has 1 spiro atoms. The molecular formula is C39H46ClN5O6S. The molecule has 1 fully saturated rings. The number of amides is 2. The Morgan fingerprint density at radius 1 is 1.19 bits per heavy atom. The van der Waals surface area contributed by atoms with Gasteiger partial charge in [0.2, 0.25) is 0 Å². The molecule has 2 bridgehead atoms. The summed E-state index contributed by atoms with van der Waals surface area (Å²) in [6.45, 7) is 5.37. The molecule has 11 nitrogen and oxygen atoms in total. The highest BCUT2D eigenvalue weighted by Crippen LogP contribution is 2.46. The van der Waals surface area contributed by atoms with Gasteiger partial charge >= 0.3 is 5.91 Å². The van der Waals surface area contributed by atoms with E-state index in [2.05, 4.69) is 38.3 Å². The van der Waals surface area contributed by atoms with Crippen molar-refractivity contribution >= 4 is 39.1 Å². The van der Waals surface area contributed by atoms with Gasteiger partial charge in [0.05, 0.1) is 37.2 Å². The summed E-state index contributed by atoms with van der Waals surface area (Å²) in [4.78, 5) is 34.8. The van der Waals surface area contributed by atoms with Crippen molar-refractivity contribution in [2.45, 2.75) is 70.1 Å². The maximum Gasteiger partial charge on any atom is 0.305 e. The van der Waals surface area contributed by atoms with Crippen LogP contribution < -0.4 is 14.4 Å². The summed E-state index contributed by atoms with van der Waals surface area (Å²) in [5.74, 6) is 0.365. The number of nitrogens with zero attached hydrogens (tertiary/aromatic N) is 4. The van der Waals surface area contributed by atoms with E-state index in [9.17, 15) is 13.8 Å². The van der Waals surface area contributed by atoms with Crippen molar-refractivity contribution in [2.24, 2.45) is 22.1 Å². The first kappa shape index (κ1) is 35.3. The summed E-state index contributed by atoms with van der Waals surface area (Å²) in [6.07, 6.45) is 11.5. The van der Waals surface area contributed by atoms with Crippen molar-refractivity contribution in [1.82, 2.24) is 14.3 Å². The second-order valence-electron chi connectivity index (χ2n) is 15.2. The summed E-state index contributed by atoms with van der Waals surface area (Å²) >= 11 is 6.46. The van der Waals surface area contributed by atoms with E-state index in [0.29, 0.717) is 68.3 Å². The fraction of sp³-hybridized carbons (Fsp3) is 0.513. The van der Waals surface area contributed by atoms with E-state index < -0.39 is 21.7 Å². The molecule has 13 heteroatoms. The van der Waals surface area contributed by atoms with Crippen LogP contribution >= 0.6 is 11.6 Å². The Labute approximate surface area is 310 Å². The highest BCUT2D eigenvalue weighted by molar-refractivity contribution is 7.92. The van der Waals surface area contributed by atoms with Gasteiger partial charge < -0.3 is 23.7 Å². The molecule has 0 unspecified atom stereocenters. The van der Waals surface area contributed by atoms with Crippen LogP contribution in [0.15, 0.2) is 59.1 Å². The van der Waals surface area contributed by atoms with Crippen LogP contribution in [0, 0.1) is 17.8 Å². The summed E-state index contributed by atoms with van der Waals surface area (Å²) in [5.41, 5.74) is 3.46. The van der Waals surface area contributed by atoms with Gasteiger partial charge in [-0.15, -0.1) is 4.36 Å². The first-order valence-electron chi connectivity index (χ1n) is 18.4. The number of benzene rings is 1. The molecule has 276 valence electrons. The van der Waals surface area contributed by atoms with E-state index in [-0.39, 0.29) is 28.9 Å². The summed E-state index contributed by atoms with van der Waals surface area (Å²) in [7, 11) is -1.81. The number of allylic oxidation sites excluding steroid dienone is 1. The average molecular weight is 748 g/mol. The molecule has 6 atom stereocenters. The molecule has 8 rings (SSSR count). The number of methoxy groups -OCH3 is 1. The van der Waals surface area contributed by atoms with E-state index in [0.717, 1.165) is 49.4 Å². The van der Waals surface area contributed by atoms with Crippen LogP contribution in [0.4, 0.5) is 5.82 Å². The van der Waals surface area contributed by atoms with Crippen LogP contribution in [0.1, 0.15) is 76.7 Å². The number of hydrogen-bond donors (Lipinski definition) is 1. The molecule has 5 heterocycles. The Kier molecular flexibility index (Phi) is 9.69. The minimum atomic E-state index is -3.57. The number of pyridine rings is 1. The fourth-order valence-electron chi connectivity index (χ4n) is 8.76. The Bertz CT molecular complexity index is 2020. The van der Waals surface area contributed by atoms with Crippen molar-refractivity contribution in [3.63, 3.8) is 0 Å². The minimum Gasteiger partial charge on any atom is -0.489 e. The number of aromatic nitrogens is 2. The molecule has 1 aromatic carbocycles. The van der Waals surface area contributed by atoms with Gasteiger partial charge in [0.15, 0.2) is 11.6 Å². The predicted octanol–water partition coefficient (Wildman–Crippen LogP) is 6.13. The lowest BCUT2D eigenvalue weighted by Crippen LogP contribution is -2.49. The molecule has 0 saturated heterocycles. The van der Waals surface area contributed by atoms with Gasteiger partial charge in [0.25, 0.3) is 5.91 Å². The third kappa shape index (κ3) is 6.90. The Balaban J connectivity index is 1.18. The number of fused-ring (bicyclic) bond motifs is 5. The lowest BCUT2D eigenvalue weighted by Gasteiger charge is -2.45. The zero-order chi connectivity index (χ0) is 36.0. The van der Waals surface area contributed by atoms with Crippen molar-refractivity contribution in [3.05, 3.63) is 87.8 Å². The molecule has 5 aliphatic rings. The molecule has 1 N–H and O–H groups in total. The Morgan fingerprint density at radius 2 is 2.08 bits per heavy atom. The number of ether oxygens (including phenoxy) is 3. The maximum absolute atomic E-state index is 14.6. The molecule has 2 amide bonds. The van der Waals surface area contributed by atoms with Crippen LogP contribution in [-0.4, -0.2) is 70.8 Å². The van der Waals surface area contributed by atoms with Gasteiger partial charge in [-0.1, -0.05) is 36.7 Å². The van der Waals surface area contributed by atoms with Crippen LogP contribution in [0.2, 0.25) is 5.02 Å². The van der Waals surface area contributed by atoms with Crippen molar-refractivity contribution in [1.29, 1.82) is 0 Å². The second kappa shape index (κ2) is 14.3. The lowest BCUT2D eigenvalue weighted by atomic mass is 9.68. The Morgan fingerprint density at radius 3 is 2.88 bits per heavy atom. The topological polar surface area (TPSA) is 124 Å². The normalized spacial score (nSPS) is 30.8. The molecule has 2 aromatic heterocycles. The monoisotopic (exact) mass is 747 g/mol. The third-order valence-electron chi connectivity index (χ3n) is 11.6. The zero-order valence-electron chi connectivity index (χ0n) is 29.7. The van der Waals surface area contributed by atoms with Crippen LogP contribution in [0.5, 0.6) is 5.75 Å². The second-order valence-corrected chi connectivity index (χ2v) is 17.6. The predicted molar refractivity (Wildman–Crippen MR) is 199 cm³/mol. The number of nitrogens with one attached hydrogen (secondary N) is 1. The van der Waals surface area contributed by atoms with E-state index in [4.69, 9.17) is 30.8 Å². The SMILES string of the molecule is CO[C@H]1/C=C/C[C@H](C)C[S@@](=O)(NC(=O)c2cc3n(c2)CCOC3)=NC(=O)c2ccc3c(n2)N(C[C@@H]2CC[C@H]21)C[C@@]1(CCCc2cc(Cl)ccc21)CO3. The smallest absolute Gasteiger partial charge is 0.305 e. The highest BCUT2D eigenvalue weighted by atomic mass is 35.5. The van der Waals surface area contributed by atoms with Crippen molar-refractivity contribution < 1.29 is 28.0 Å². The Hall–Kier alpha value is -3.71. The maximum atomic E-state index is 14.6. The van der Waals surface area contributed by atoms with Crippen LogP contribution in [-0.2, 0) is 44.4 Å². The highest BCUT2D eigenvalue weighted by Gasteiger charge is 2.45. The molecule has 3 aromatic rings. The van der Waals surface area contributed by atoms with Crippen molar-refractivity contribution in [3.8, 4) is 5.75 Å². The summed E-state index contributed by atoms with van der Waals surface area (Å²) < 4.78 is 41.7. The average Bonchev–Trinajstić information content (AvgIpc) is 3.49. The number of halogens is 1. The number of hydrogen-bond acceptors (Lipinski definition) is 8. The lowest BCUT2D eigenvalue weighted by molar-refractivity contribution is 0.0131. The van der Waals surface area contributed by atoms with Gasteiger partial charge in [-0.3, -0.25) is 14.3 Å². The number of carbonyl (C=O) groups is 2. The van der Waals surface area contributed by atoms with Crippen LogP contribution in [0.3, 0.4) is 0 Å². The first-order valence-corrected chi connectivity index (χ1v) is 20.4. The molecule has 1 saturated carbocycles. The first-order chi connectivity index (χ1) is 25.1. The summed E-state index contributed by atoms with van der Waals surface area (Å²) in [6, 6.07) is 11.3. The van der Waals surface area contributed by atoms with Gasteiger partial charge in [-0.25, -0.2) is 9.19 Å². The molecule has 0 radical (unpaired) electrons. The molecular weight excluding hydrogens is 702 g/mol. The number of aryl methyl sites for hydroxylation is 1. The molecule has 52 heavy (non-hydrogen) atoms. The quantitative estimate of drug-likeness (QED) is 0.318. The molecule has 3 aliphatic heterocycles. The van der Waals surface area contributed by atoms with Gasteiger partial charge in [-0.05, 0) is 97.7 Å².